The molecule has 1 heterocycles. The topological polar surface area (TPSA) is 42.9 Å². The molecule has 90 valence electrons. The summed E-state index contributed by atoms with van der Waals surface area (Å²) in [6, 6.07) is 0. The molecule has 16 heavy (non-hydrogen) atoms. The van der Waals surface area contributed by atoms with E-state index < -0.39 is 0 Å². The zero-order valence-corrected chi connectivity index (χ0v) is 11.7. The quantitative estimate of drug-likeness (QED) is 0.815. The van der Waals surface area contributed by atoms with E-state index in [-0.39, 0.29) is 23.0 Å². The van der Waals surface area contributed by atoms with E-state index in [1.807, 2.05) is 13.8 Å². The number of rotatable bonds is 3. The third-order valence-corrected chi connectivity index (χ3v) is 3.28. The van der Waals surface area contributed by atoms with Gasteiger partial charge in [0, 0.05) is 5.41 Å². The van der Waals surface area contributed by atoms with Crippen molar-refractivity contribution in [2.75, 3.05) is 0 Å². The molecule has 0 aliphatic carbocycles. The van der Waals surface area contributed by atoms with Gasteiger partial charge in [0.25, 0.3) is 0 Å². The van der Waals surface area contributed by atoms with Crippen LogP contribution < -0.4 is 0 Å². The third-order valence-electron chi connectivity index (χ3n) is 2.48. The van der Waals surface area contributed by atoms with Crippen LogP contribution in [0.25, 0.3) is 0 Å². The van der Waals surface area contributed by atoms with Gasteiger partial charge in [0.15, 0.2) is 0 Å². The van der Waals surface area contributed by atoms with Gasteiger partial charge in [-0.3, -0.25) is 4.79 Å². The summed E-state index contributed by atoms with van der Waals surface area (Å²) in [5, 5.41) is 0.854. The fourth-order valence-electron chi connectivity index (χ4n) is 1.59. The molecule has 3 nitrogen and oxygen atoms in total. The second-order valence-electron chi connectivity index (χ2n) is 5.54. The van der Waals surface area contributed by atoms with Gasteiger partial charge in [-0.1, -0.05) is 34.6 Å². The summed E-state index contributed by atoms with van der Waals surface area (Å²) in [4.78, 5) is 16.1. The van der Waals surface area contributed by atoms with E-state index >= 15 is 0 Å². The molecule has 0 saturated heterocycles. The number of nitrogens with zero attached hydrogens (tertiary/aromatic N) is 2. The van der Waals surface area contributed by atoms with Crippen molar-refractivity contribution in [3.8, 4) is 0 Å². The number of ketones is 1. The average molecular weight is 240 g/mol. The minimum atomic E-state index is -0.103. The lowest BCUT2D eigenvalue weighted by Gasteiger charge is -2.15. The largest absolute Gasteiger partial charge is 0.299 e. The maximum atomic E-state index is 11.6. The summed E-state index contributed by atoms with van der Waals surface area (Å²) in [5.41, 5.74) is -0.0485. The summed E-state index contributed by atoms with van der Waals surface area (Å²) >= 11 is 1.36. The van der Waals surface area contributed by atoms with Crippen LogP contribution in [0.15, 0.2) is 0 Å². The highest BCUT2D eigenvalue weighted by atomic mass is 32.1. The fourth-order valence-corrected chi connectivity index (χ4v) is 2.77. The Labute approximate surface area is 101 Å². The first kappa shape index (κ1) is 13.3. The molecule has 0 N–H and O–H groups in total. The molecule has 0 spiro atoms. The Morgan fingerprint density at radius 2 is 1.88 bits per heavy atom. The first-order valence-electron chi connectivity index (χ1n) is 5.58. The number of Topliss-reactive ketones (excluding diaryl/α,β-unsaturated/α-hetero) is 1. The first-order valence-corrected chi connectivity index (χ1v) is 6.35. The molecule has 1 atom stereocenters. The number of aromatic nitrogens is 2. The van der Waals surface area contributed by atoms with Crippen molar-refractivity contribution in [2.45, 2.75) is 52.9 Å². The average Bonchev–Trinajstić information content (AvgIpc) is 2.50. The lowest BCUT2D eigenvalue weighted by molar-refractivity contribution is -0.119. The SMILES string of the molecule is CC(=O)C(c1nc(C(C)(C)C)ns1)C(C)C. The highest BCUT2D eigenvalue weighted by molar-refractivity contribution is 7.05. The smallest absolute Gasteiger partial charge is 0.147 e. The molecule has 1 unspecified atom stereocenters. The first-order chi connectivity index (χ1) is 7.23. The van der Waals surface area contributed by atoms with Crippen LogP contribution in [0.5, 0.6) is 0 Å². The zero-order chi connectivity index (χ0) is 12.5. The van der Waals surface area contributed by atoms with Crippen molar-refractivity contribution in [1.29, 1.82) is 0 Å². The lowest BCUT2D eigenvalue weighted by Crippen LogP contribution is -2.17. The van der Waals surface area contributed by atoms with Gasteiger partial charge in [-0.2, -0.15) is 4.37 Å². The normalized spacial score (nSPS) is 14.2. The van der Waals surface area contributed by atoms with Gasteiger partial charge in [0.2, 0.25) is 0 Å². The third kappa shape index (κ3) is 2.88. The van der Waals surface area contributed by atoms with Crippen LogP contribution in [0.3, 0.4) is 0 Å². The molecule has 0 fully saturated rings. The highest BCUT2D eigenvalue weighted by Crippen LogP contribution is 2.29. The molecule has 0 bridgehead atoms. The predicted octanol–water partition coefficient (Wildman–Crippen LogP) is 3.16. The van der Waals surface area contributed by atoms with E-state index in [0.717, 1.165) is 10.8 Å². The van der Waals surface area contributed by atoms with Crippen molar-refractivity contribution < 1.29 is 4.79 Å². The van der Waals surface area contributed by atoms with E-state index in [9.17, 15) is 4.79 Å². The summed E-state index contributed by atoms with van der Waals surface area (Å²) < 4.78 is 4.35. The van der Waals surface area contributed by atoms with Crippen molar-refractivity contribution in [2.24, 2.45) is 5.92 Å². The molecule has 4 heteroatoms. The molecule has 1 aromatic rings. The van der Waals surface area contributed by atoms with Crippen LogP contribution in [-0.2, 0) is 10.2 Å². The van der Waals surface area contributed by atoms with Gasteiger partial charge in [-0.25, -0.2) is 4.98 Å². The van der Waals surface area contributed by atoms with E-state index in [2.05, 4.69) is 30.1 Å². The fraction of sp³-hybridized carbons (Fsp3) is 0.750. The van der Waals surface area contributed by atoms with Crippen molar-refractivity contribution >= 4 is 17.3 Å². The minimum absolute atomic E-state index is 0.0485. The van der Waals surface area contributed by atoms with Crippen molar-refractivity contribution in [3.05, 3.63) is 10.8 Å². The maximum absolute atomic E-state index is 11.6. The lowest BCUT2D eigenvalue weighted by atomic mass is 9.92. The van der Waals surface area contributed by atoms with Crippen molar-refractivity contribution in [3.63, 3.8) is 0 Å². The maximum Gasteiger partial charge on any atom is 0.147 e. The van der Waals surface area contributed by atoms with E-state index in [1.165, 1.54) is 11.5 Å². The standard InChI is InChI=1S/C12H20N2OS/c1-7(2)9(8(3)15)10-13-11(14-16-10)12(4,5)6/h7,9H,1-6H3. The van der Waals surface area contributed by atoms with Gasteiger partial charge in [-0.05, 0) is 24.4 Å². The summed E-state index contributed by atoms with van der Waals surface area (Å²) in [6.07, 6.45) is 0. The van der Waals surface area contributed by atoms with Crippen LogP contribution in [-0.4, -0.2) is 15.1 Å². The van der Waals surface area contributed by atoms with E-state index in [4.69, 9.17) is 0 Å². The molecule has 0 amide bonds. The minimum Gasteiger partial charge on any atom is -0.299 e. The van der Waals surface area contributed by atoms with Crippen LogP contribution in [0.1, 0.15) is 58.3 Å². The molecular formula is C12H20N2OS. The van der Waals surface area contributed by atoms with Gasteiger partial charge < -0.3 is 0 Å². The molecule has 0 aromatic carbocycles. The number of carbonyl (C=O) groups excluding carboxylic acids is 1. The molecule has 0 saturated carbocycles. The van der Waals surface area contributed by atoms with Crippen molar-refractivity contribution in [1.82, 2.24) is 9.36 Å². The van der Waals surface area contributed by atoms with Gasteiger partial charge in [-0.15, -0.1) is 0 Å². The summed E-state index contributed by atoms with van der Waals surface area (Å²) in [5.74, 6) is 1.18. The summed E-state index contributed by atoms with van der Waals surface area (Å²) in [6.45, 7) is 12.0. The van der Waals surface area contributed by atoms with Crippen LogP contribution in [0, 0.1) is 5.92 Å². The zero-order valence-electron chi connectivity index (χ0n) is 10.9. The monoisotopic (exact) mass is 240 g/mol. The Bertz CT molecular complexity index is 377. The Balaban J connectivity index is 3.04. The molecular weight excluding hydrogens is 220 g/mol. The second-order valence-corrected chi connectivity index (χ2v) is 6.32. The van der Waals surface area contributed by atoms with Crippen LogP contribution in [0.2, 0.25) is 0 Å². The molecule has 0 aliphatic rings. The predicted molar refractivity (Wildman–Crippen MR) is 66.9 cm³/mol. The van der Waals surface area contributed by atoms with E-state index in [1.54, 1.807) is 6.92 Å². The molecule has 0 radical (unpaired) electrons. The van der Waals surface area contributed by atoms with Gasteiger partial charge >= 0.3 is 0 Å². The number of carbonyl (C=O) groups is 1. The van der Waals surface area contributed by atoms with Crippen LogP contribution >= 0.6 is 11.5 Å². The van der Waals surface area contributed by atoms with Gasteiger partial charge in [0.05, 0.1) is 5.92 Å². The van der Waals surface area contributed by atoms with Crippen LogP contribution in [0.4, 0.5) is 0 Å². The number of hydrogen-bond acceptors (Lipinski definition) is 4. The Morgan fingerprint density at radius 3 is 2.19 bits per heavy atom. The Morgan fingerprint density at radius 1 is 1.31 bits per heavy atom. The second kappa shape index (κ2) is 4.62. The molecule has 1 aromatic heterocycles. The summed E-state index contributed by atoms with van der Waals surface area (Å²) in [7, 11) is 0. The Hall–Kier alpha value is -0.770. The molecule has 1 rings (SSSR count). The van der Waals surface area contributed by atoms with Gasteiger partial charge in [0.1, 0.15) is 16.6 Å². The number of hydrogen-bond donors (Lipinski definition) is 0. The highest BCUT2D eigenvalue weighted by Gasteiger charge is 2.27. The van der Waals surface area contributed by atoms with E-state index in [0.29, 0.717) is 0 Å². The Kier molecular flexibility index (Phi) is 3.84. The molecule has 0 aliphatic heterocycles.